The minimum Gasteiger partial charge on any atom is -0.502 e. The molecule has 1 N–H and O–H groups in total. The molecule has 0 unspecified atom stereocenters. The molecule has 0 fully saturated rings. The maximum atomic E-state index is 12.0. The normalized spacial score (nSPS) is 12.7. The third-order valence-electron chi connectivity index (χ3n) is 2.99. The lowest BCUT2D eigenvalue weighted by Crippen LogP contribution is -2.16. The summed E-state index contributed by atoms with van der Waals surface area (Å²) >= 11 is 0. The quantitative estimate of drug-likeness (QED) is 0.858. The topological polar surface area (TPSA) is 95.2 Å². The molecule has 2 heterocycles. The molecule has 1 aliphatic heterocycles. The lowest BCUT2D eigenvalue weighted by molar-refractivity contribution is 0.0441. The van der Waals surface area contributed by atoms with Crippen LogP contribution in [-0.2, 0) is 11.3 Å². The molecule has 22 heavy (non-hydrogen) atoms. The van der Waals surface area contributed by atoms with Gasteiger partial charge in [-0.2, -0.15) is 0 Å². The van der Waals surface area contributed by atoms with Crippen molar-refractivity contribution in [1.82, 2.24) is 0 Å². The van der Waals surface area contributed by atoms with Crippen LogP contribution in [0.4, 0.5) is 0 Å². The Morgan fingerprint density at radius 2 is 1.95 bits per heavy atom. The van der Waals surface area contributed by atoms with Crippen LogP contribution in [0.15, 0.2) is 39.7 Å². The SMILES string of the molecule is O=C(OCc1cc(=O)c(O)co1)c1ccc2c(c1)OCCO2. The Labute approximate surface area is 124 Å². The minimum atomic E-state index is -0.600. The van der Waals surface area contributed by atoms with Crippen molar-refractivity contribution >= 4 is 5.97 Å². The Kier molecular flexibility index (Phi) is 3.69. The Morgan fingerprint density at radius 1 is 1.18 bits per heavy atom. The summed E-state index contributed by atoms with van der Waals surface area (Å²) in [5.41, 5.74) is -0.304. The van der Waals surface area contributed by atoms with Crippen molar-refractivity contribution in [3.63, 3.8) is 0 Å². The van der Waals surface area contributed by atoms with E-state index in [-0.39, 0.29) is 12.4 Å². The fourth-order valence-corrected chi connectivity index (χ4v) is 1.91. The van der Waals surface area contributed by atoms with E-state index in [0.717, 1.165) is 12.3 Å². The molecule has 0 spiro atoms. The monoisotopic (exact) mass is 304 g/mol. The third-order valence-corrected chi connectivity index (χ3v) is 2.99. The molecule has 1 aromatic carbocycles. The molecule has 0 saturated heterocycles. The number of fused-ring (bicyclic) bond motifs is 1. The van der Waals surface area contributed by atoms with Gasteiger partial charge in [-0.3, -0.25) is 4.79 Å². The van der Waals surface area contributed by atoms with Gasteiger partial charge in [-0.05, 0) is 18.2 Å². The van der Waals surface area contributed by atoms with E-state index in [1.165, 1.54) is 6.07 Å². The fourth-order valence-electron chi connectivity index (χ4n) is 1.91. The summed E-state index contributed by atoms with van der Waals surface area (Å²) in [6.07, 6.45) is 0.898. The highest BCUT2D eigenvalue weighted by atomic mass is 16.6. The summed E-state index contributed by atoms with van der Waals surface area (Å²) < 4.78 is 20.7. The molecule has 2 aromatic rings. The second-order valence-corrected chi connectivity index (χ2v) is 4.53. The van der Waals surface area contributed by atoms with E-state index in [1.807, 2.05) is 0 Å². The van der Waals surface area contributed by atoms with E-state index in [1.54, 1.807) is 12.1 Å². The highest BCUT2D eigenvalue weighted by molar-refractivity contribution is 5.90. The van der Waals surface area contributed by atoms with Crippen molar-refractivity contribution < 1.29 is 28.5 Å². The van der Waals surface area contributed by atoms with Crippen molar-refractivity contribution in [3.8, 4) is 17.2 Å². The number of benzene rings is 1. The van der Waals surface area contributed by atoms with Gasteiger partial charge in [0.25, 0.3) is 0 Å². The van der Waals surface area contributed by atoms with E-state index < -0.39 is 17.1 Å². The molecule has 1 aromatic heterocycles. The van der Waals surface area contributed by atoms with Crippen molar-refractivity contribution in [3.05, 3.63) is 52.1 Å². The van der Waals surface area contributed by atoms with Gasteiger partial charge in [0.1, 0.15) is 31.8 Å². The van der Waals surface area contributed by atoms with E-state index >= 15 is 0 Å². The Hall–Kier alpha value is -2.96. The molecule has 7 nitrogen and oxygen atoms in total. The first-order valence-electron chi connectivity index (χ1n) is 6.51. The largest absolute Gasteiger partial charge is 0.502 e. The maximum absolute atomic E-state index is 12.0. The summed E-state index contributed by atoms with van der Waals surface area (Å²) in [5, 5.41) is 9.07. The maximum Gasteiger partial charge on any atom is 0.338 e. The van der Waals surface area contributed by atoms with Crippen LogP contribution < -0.4 is 14.9 Å². The minimum absolute atomic E-state index is 0.133. The van der Waals surface area contributed by atoms with Crippen LogP contribution in [0.25, 0.3) is 0 Å². The van der Waals surface area contributed by atoms with E-state index in [9.17, 15) is 9.59 Å². The molecular formula is C15H12O7. The first-order chi connectivity index (χ1) is 10.6. The Balaban J connectivity index is 1.69. The van der Waals surface area contributed by atoms with Gasteiger partial charge < -0.3 is 23.7 Å². The second kappa shape index (κ2) is 5.80. The van der Waals surface area contributed by atoms with Gasteiger partial charge in [-0.1, -0.05) is 0 Å². The molecule has 3 rings (SSSR count). The molecular weight excluding hydrogens is 292 g/mol. The standard InChI is InChI=1S/C15H12O7/c16-11-6-10(21-8-12(11)17)7-22-15(18)9-1-2-13-14(5-9)20-4-3-19-13/h1-2,5-6,8,17H,3-4,7H2. The predicted octanol–water partition coefficient (Wildman–Crippen LogP) is 1.47. The molecule has 114 valence electrons. The molecule has 0 amide bonds. The van der Waals surface area contributed by atoms with Gasteiger partial charge in [0.05, 0.1) is 5.56 Å². The van der Waals surface area contributed by atoms with Crippen molar-refractivity contribution in [1.29, 1.82) is 0 Å². The predicted molar refractivity (Wildman–Crippen MR) is 73.2 cm³/mol. The van der Waals surface area contributed by atoms with Crippen LogP contribution in [0.2, 0.25) is 0 Å². The van der Waals surface area contributed by atoms with Gasteiger partial charge in [0.15, 0.2) is 17.2 Å². The average Bonchev–Trinajstić information content (AvgIpc) is 2.55. The number of carbonyl (C=O) groups is 1. The van der Waals surface area contributed by atoms with Crippen molar-refractivity contribution in [2.45, 2.75) is 6.61 Å². The average molecular weight is 304 g/mol. The molecule has 0 saturated carbocycles. The van der Waals surface area contributed by atoms with Crippen LogP contribution >= 0.6 is 0 Å². The summed E-state index contributed by atoms with van der Waals surface area (Å²) in [6.45, 7) is 0.670. The van der Waals surface area contributed by atoms with Gasteiger partial charge in [-0.15, -0.1) is 0 Å². The van der Waals surface area contributed by atoms with E-state index in [0.29, 0.717) is 30.3 Å². The molecule has 0 bridgehead atoms. The fraction of sp³-hybridized carbons (Fsp3) is 0.200. The number of carbonyl (C=O) groups excluding carboxylic acids is 1. The highest BCUT2D eigenvalue weighted by Crippen LogP contribution is 2.30. The van der Waals surface area contributed by atoms with Gasteiger partial charge in [0.2, 0.25) is 5.43 Å². The zero-order valence-corrected chi connectivity index (χ0v) is 11.4. The second-order valence-electron chi connectivity index (χ2n) is 4.53. The van der Waals surface area contributed by atoms with Crippen LogP contribution in [-0.4, -0.2) is 24.3 Å². The number of ether oxygens (including phenoxy) is 3. The van der Waals surface area contributed by atoms with Crippen molar-refractivity contribution in [2.24, 2.45) is 0 Å². The van der Waals surface area contributed by atoms with Crippen LogP contribution in [0.3, 0.4) is 0 Å². The van der Waals surface area contributed by atoms with Crippen molar-refractivity contribution in [2.75, 3.05) is 13.2 Å². The molecule has 7 heteroatoms. The smallest absolute Gasteiger partial charge is 0.338 e. The van der Waals surface area contributed by atoms with Gasteiger partial charge in [0, 0.05) is 6.07 Å². The number of rotatable bonds is 3. The summed E-state index contributed by atoms with van der Waals surface area (Å²) in [5.74, 6) is 0.104. The summed E-state index contributed by atoms with van der Waals surface area (Å²) in [4.78, 5) is 23.2. The number of aromatic hydroxyl groups is 1. The van der Waals surface area contributed by atoms with E-state index in [2.05, 4.69) is 0 Å². The zero-order chi connectivity index (χ0) is 15.5. The lowest BCUT2D eigenvalue weighted by atomic mass is 10.2. The van der Waals surface area contributed by atoms with Crippen LogP contribution in [0.5, 0.6) is 17.2 Å². The Bertz CT molecular complexity index is 763. The van der Waals surface area contributed by atoms with E-state index in [4.69, 9.17) is 23.7 Å². The Morgan fingerprint density at radius 3 is 2.73 bits per heavy atom. The first-order valence-corrected chi connectivity index (χ1v) is 6.51. The molecule has 1 aliphatic rings. The first kappa shape index (κ1) is 14.0. The third kappa shape index (κ3) is 2.88. The highest BCUT2D eigenvalue weighted by Gasteiger charge is 2.16. The lowest BCUT2D eigenvalue weighted by Gasteiger charge is -2.18. The number of hydrogen-bond acceptors (Lipinski definition) is 7. The zero-order valence-electron chi connectivity index (χ0n) is 11.4. The van der Waals surface area contributed by atoms with Gasteiger partial charge in [-0.25, -0.2) is 4.79 Å². The number of hydrogen-bond donors (Lipinski definition) is 1. The van der Waals surface area contributed by atoms with Crippen LogP contribution in [0.1, 0.15) is 16.1 Å². The summed E-state index contributed by atoms with van der Waals surface area (Å²) in [6, 6.07) is 5.78. The molecule has 0 atom stereocenters. The summed E-state index contributed by atoms with van der Waals surface area (Å²) in [7, 11) is 0. The van der Waals surface area contributed by atoms with Gasteiger partial charge >= 0.3 is 5.97 Å². The van der Waals surface area contributed by atoms with Crippen LogP contribution in [0, 0.1) is 0 Å². The number of esters is 1. The molecule has 0 aliphatic carbocycles. The molecule has 0 radical (unpaired) electrons.